The van der Waals surface area contributed by atoms with E-state index in [0.717, 1.165) is 49.7 Å². The molecule has 0 aromatic heterocycles. The van der Waals surface area contributed by atoms with Crippen molar-refractivity contribution in [2.24, 2.45) is 0 Å². The molecule has 58 heavy (non-hydrogen) atoms. The molecule has 0 saturated heterocycles. The number of carbonyl (C=O) groups excluding carboxylic acids is 2. The second-order valence-electron chi connectivity index (χ2n) is 19.8. The van der Waals surface area contributed by atoms with E-state index in [2.05, 4.69) is 184 Å². The van der Waals surface area contributed by atoms with Crippen molar-refractivity contribution in [3.05, 3.63) is 131 Å². The molecular formula is C52H62N4O2. The zero-order valence-electron chi connectivity index (χ0n) is 36.9. The minimum Gasteiger partial charge on any atom is -0.308 e. The molecule has 0 atom stereocenters. The van der Waals surface area contributed by atoms with Crippen molar-refractivity contribution >= 4 is 56.4 Å². The van der Waals surface area contributed by atoms with Gasteiger partial charge in [0.05, 0.1) is 0 Å². The van der Waals surface area contributed by atoms with Gasteiger partial charge in [-0.05, 0) is 132 Å². The number of amides is 4. The highest BCUT2D eigenvalue weighted by atomic mass is 16.2. The van der Waals surface area contributed by atoms with Crippen molar-refractivity contribution in [3.63, 3.8) is 0 Å². The summed E-state index contributed by atoms with van der Waals surface area (Å²) in [6, 6.07) is 37.2. The first kappa shape index (κ1) is 42.0. The maximum atomic E-state index is 14.1. The van der Waals surface area contributed by atoms with E-state index in [1.54, 1.807) is 4.90 Å². The molecule has 6 heteroatoms. The molecule has 3 N–H and O–H groups in total. The van der Waals surface area contributed by atoms with Crippen molar-refractivity contribution in [2.75, 3.05) is 27.4 Å². The van der Waals surface area contributed by atoms with Crippen LogP contribution in [0.25, 0.3) is 32.7 Å². The first-order chi connectivity index (χ1) is 27.0. The van der Waals surface area contributed by atoms with E-state index < -0.39 is 0 Å². The predicted molar refractivity (Wildman–Crippen MR) is 249 cm³/mol. The molecule has 6 aromatic rings. The Morgan fingerprint density at radius 2 is 0.879 bits per heavy atom. The zero-order valence-corrected chi connectivity index (χ0v) is 36.9. The summed E-state index contributed by atoms with van der Waals surface area (Å²) in [4.78, 5) is 29.4. The fourth-order valence-corrected chi connectivity index (χ4v) is 7.31. The molecule has 6 nitrogen and oxygen atoms in total. The molecule has 0 aliphatic carbocycles. The van der Waals surface area contributed by atoms with Crippen LogP contribution in [0.3, 0.4) is 0 Å². The number of hydrogen-bond acceptors (Lipinski definition) is 2. The lowest BCUT2D eigenvalue weighted by molar-refractivity contribution is 0.257. The second-order valence-corrected chi connectivity index (χ2v) is 19.8. The predicted octanol–water partition coefficient (Wildman–Crippen LogP) is 14.6. The van der Waals surface area contributed by atoms with Gasteiger partial charge in [0.2, 0.25) is 0 Å². The summed E-state index contributed by atoms with van der Waals surface area (Å²) in [5, 5.41) is 13.6. The fourth-order valence-electron chi connectivity index (χ4n) is 7.31. The summed E-state index contributed by atoms with van der Waals surface area (Å²) in [6.07, 6.45) is 0. The Morgan fingerprint density at radius 1 is 0.466 bits per heavy atom. The first-order valence-electron chi connectivity index (χ1n) is 20.6. The van der Waals surface area contributed by atoms with E-state index in [4.69, 9.17) is 0 Å². The van der Waals surface area contributed by atoms with Crippen LogP contribution in [0.2, 0.25) is 0 Å². The largest absolute Gasteiger partial charge is 0.326 e. The molecule has 302 valence electrons. The minimum atomic E-state index is -0.296. The Hall–Kier alpha value is -5.62. The molecule has 0 heterocycles. The second kappa shape index (κ2) is 15.6. The maximum Gasteiger partial charge on any atom is 0.326 e. The highest BCUT2D eigenvalue weighted by molar-refractivity contribution is 6.09. The van der Waals surface area contributed by atoms with Gasteiger partial charge in [0.15, 0.2) is 0 Å². The van der Waals surface area contributed by atoms with E-state index in [1.165, 1.54) is 22.3 Å². The summed E-state index contributed by atoms with van der Waals surface area (Å²) >= 11 is 0. The van der Waals surface area contributed by atoms with Crippen LogP contribution in [-0.4, -0.2) is 18.6 Å². The number of fused-ring (bicyclic) bond motifs is 2. The highest BCUT2D eigenvalue weighted by Gasteiger charge is 2.24. The van der Waals surface area contributed by atoms with Crippen molar-refractivity contribution < 1.29 is 9.59 Å². The van der Waals surface area contributed by atoms with Gasteiger partial charge in [0, 0.05) is 29.3 Å². The summed E-state index contributed by atoms with van der Waals surface area (Å²) < 4.78 is 0. The van der Waals surface area contributed by atoms with E-state index in [1.807, 2.05) is 31.2 Å². The van der Waals surface area contributed by atoms with E-state index in [0.29, 0.717) is 12.2 Å². The number of hydrogen-bond donors (Lipinski definition) is 3. The standard InChI is InChI=1S/C52H62N4O2/c1-14-56(48(58)55-41-29-37(51(8,9)10)26-38(30-41)52(11,12)13)42-24-22-34-18-16-20-44(46(34)32-42)43-19-15-17-33-21-23-39(31-45(33)43)53-47(57)54-40-27-35(49(2,3)4)25-36(28-40)50(5,6)7/h15-32H,14H2,1-13H3,(H,55,58)(H2,53,54,57). The van der Waals surface area contributed by atoms with Gasteiger partial charge in [0.1, 0.15) is 0 Å². The van der Waals surface area contributed by atoms with Crippen molar-refractivity contribution in [3.8, 4) is 11.1 Å². The van der Waals surface area contributed by atoms with Gasteiger partial charge in [-0.2, -0.15) is 0 Å². The molecule has 6 rings (SSSR count). The van der Waals surface area contributed by atoms with Gasteiger partial charge in [-0.25, -0.2) is 9.59 Å². The van der Waals surface area contributed by atoms with Gasteiger partial charge in [-0.15, -0.1) is 0 Å². The summed E-state index contributed by atoms with van der Waals surface area (Å²) in [5.41, 5.74) is 9.60. The third-order valence-electron chi connectivity index (χ3n) is 11.0. The van der Waals surface area contributed by atoms with Crippen molar-refractivity contribution in [1.82, 2.24) is 0 Å². The van der Waals surface area contributed by atoms with Crippen LogP contribution in [0.1, 0.15) is 112 Å². The molecule has 0 bridgehead atoms. The van der Waals surface area contributed by atoms with E-state index >= 15 is 0 Å². The molecule has 0 aliphatic heterocycles. The lowest BCUT2D eigenvalue weighted by atomic mass is 9.80. The molecule has 6 aromatic carbocycles. The molecule has 0 spiro atoms. The van der Waals surface area contributed by atoms with Gasteiger partial charge in [-0.3, -0.25) is 4.90 Å². The van der Waals surface area contributed by atoms with Gasteiger partial charge >= 0.3 is 12.1 Å². The van der Waals surface area contributed by atoms with Gasteiger partial charge in [0.25, 0.3) is 0 Å². The van der Waals surface area contributed by atoms with E-state index in [-0.39, 0.29) is 33.7 Å². The Labute approximate surface area is 346 Å². The van der Waals surface area contributed by atoms with Crippen molar-refractivity contribution in [1.29, 1.82) is 0 Å². The lowest BCUT2D eigenvalue weighted by Crippen LogP contribution is -2.35. The quantitative estimate of drug-likeness (QED) is 0.158. The lowest BCUT2D eigenvalue weighted by Gasteiger charge is -2.27. The van der Waals surface area contributed by atoms with Crippen LogP contribution >= 0.6 is 0 Å². The zero-order chi connectivity index (χ0) is 42.4. The van der Waals surface area contributed by atoms with Crippen LogP contribution in [-0.2, 0) is 21.7 Å². The molecular weight excluding hydrogens is 713 g/mol. The summed E-state index contributed by atoms with van der Waals surface area (Å²) in [5.74, 6) is 0. The first-order valence-corrected chi connectivity index (χ1v) is 20.6. The van der Waals surface area contributed by atoms with Crippen LogP contribution < -0.4 is 20.9 Å². The van der Waals surface area contributed by atoms with Crippen LogP contribution in [0.4, 0.5) is 32.3 Å². The number of rotatable bonds is 6. The van der Waals surface area contributed by atoms with Crippen LogP contribution in [0.5, 0.6) is 0 Å². The summed E-state index contributed by atoms with van der Waals surface area (Å²) in [7, 11) is 0. The highest BCUT2D eigenvalue weighted by Crippen LogP contribution is 2.38. The van der Waals surface area contributed by atoms with Crippen LogP contribution in [0, 0.1) is 0 Å². The minimum absolute atomic E-state index is 0.0678. The Morgan fingerprint density at radius 3 is 1.33 bits per heavy atom. The van der Waals surface area contributed by atoms with E-state index in [9.17, 15) is 9.59 Å². The SMILES string of the molecule is CCN(C(=O)Nc1cc(C(C)(C)C)cc(C(C)(C)C)c1)c1ccc2cccc(-c3cccc4ccc(NC(=O)Nc5cc(C(C)(C)C)cc(C(C)(C)C)c5)cc34)c2c1. The molecule has 0 radical (unpaired) electrons. The number of nitrogens with one attached hydrogen (secondary N) is 3. The molecule has 0 unspecified atom stereocenters. The molecule has 4 amide bonds. The fraction of sp³-hybridized carbons (Fsp3) is 0.346. The Bertz CT molecular complexity index is 2440. The average Bonchev–Trinajstić information content (AvgIpc) is 3.13. The van der Waals surface area contributed by atoms with Gasteiger partial charge < -0.3 is 16.0 Å². The summed E-state index contributed by atoms with van der Waals surface area (Å²) in [6.45, 7) is 28.8. The number of benzene rings is 6. The Kier molecular flexibility index (Phi) is 11.3. The third kappa shape index (κ3) is 9.39. The molecule has 0 saturated carbocycles. The monoisotopic (exact) mass is 774 g/mol. The molecule has 0 fully saturated rings. The Balaban J connectivity index is 1.32. The number of carbonyl (C=O) groups is 2. The molecule has 0 aliphatic rings. The average molecular weight is 775 g/mol. The number of nitrogens with zero attached hydrogens (tertiary/aromatic N) is 1. The third-order valence-corrected chi connectivity index (χ3v) is 11.0. The van der Waals surface area contributed by atoms with Crippen molar-refractivity contribution in [2.45, 2.75) is 112 Å². The smallest absolute Gasteiger partial charge is 0.308 e. The normalized spacial score (nSPS) is 12.4. The van der Waals surface area contributed by atoms with Crippen LogP contribution in [0.15, 0.2) is 109 Å². The topological polar surface area (TPSA) is 73.5 Å². The number of urea groups is 2. The number of anilines is 4. The van der Waals surface area contributed by atoms with Gasteiger partial charge in [-0.1, -0.05) is 144 Å². The maximum absolute atomic E-state index is 14.1.